The first kappa shape index (κ1) is 8.30. The Morgan fingerprint density at radius 2 is 1.85 bits per heavy atom. The van der Waals surface area contributed by atoms with Crippen molar-refractivity contribution < 1.29 is 9.90 Å². The van der Waals surface area contributed by atoms with Crippen LogP contribution in [0, 0.1) is 0 Å². The van der Waals surface area contributed by atoms with Gasteiger partial charge in [-0.05, 0) is 18.4 Å². The van der Waals surface area contributed by atoms with Crippen molar-refractivity contribution in [2.45, 2.75) is 24.7 Å². The molecule has 2 heteroatoms. The van der Waals surface area contributed by atoms with Crippen LogP contribution in [0.3, 0.4) is 0 Å². The average molecular weight is 175 g/mol. The van der Waals surface area contributed by atoms with Crippen LogP contribution in [0.4, 0.5) is 0 Å². The van der Waals surface area contributed by atoms with Gasteiger partial charge in [0.05, 0.1) is 5.97 Å². The maximum absolute atomic E-state index is 11.0. The molecule has 1 saturated carbocycles. The monoisotopic (exact) mass is 175 g/mol. The summed E-state index contributed by atoms with van der Waals surface area (Å²) in [6.07, 6.45) is 2.43. The van der Waals surface area contributed by atoms with Crippen LogP contribution in [0.2, 0.25) is 0 Å². The summed E-state index contributed by atoms with van der Waals surface area (Å²) in [4.78, 5) is 11.0. The lowest BCUT2D eigenvalue weighted by atomic mass is 9.64. The van der Waals surface area contributed by atoms with E-state index in [-0.39, 0.29) is 0 Å². The summed E-state index contributed by atoms with van der Waals surface area (Å²) in [5.74, 6) is -0.926. The van der Waals surface area contributed by atoms with Crippen LogP contribution >= 0.6 is 0 Å². The van der Waals surface area contributed by atoms with Crippen molar-refractivity contribution in [1.82, 2.24) is 0 Å². The van der Waals surface area contributed by atoms with Gasteiger partial charge < -0.3 is 9.90 Å². The minimum Gasteiger partial charge on any atom is -0.549 e. The molecule has 0 unspecified atom stereocenters. The van der Waals surface area contributed by atoms with Crippen molar-refractivity contribution in [3.05, 3.63) is 35.9 Å². The zero-order chi connectivity index (χ0) is 9.31. The molecule has 13 heavy (non-hydrogen) atoms. The third-order valence-electron chi connectivity index (χ3n) is 2.92. The molecule has 2 nitrogen and oxygen atoms in total. The number of hydrogen-bond acceptors (Lipinski definition) is 2. The summed E-state index contributed by atoms with van der Waals surface area (Å²) >= 11 is 0. The third kappa shape index (κ3) is 1.13. The second-order valence-corrected chi connectivity index (χ2v) is 3.59. The van der Waals surface area contributed by atoms with E-state index in [4.69, 9.17) is 0 Å². The molecule has 1 aliphatic carbocycles. The highest BCUT2D eigenvalue weighted by molar-refractivity contribution is 5.80. The van der Waals surface area contributed by atoms with E-state index in [1.165, 1.54) is 0 Å². The predicted molar refractivity (Wildman–Crippen MR) is 47.0 cm³/mol. The van der Waals surface area contributed by atoms with Crippen molar-refractivity contribution in [3.8, 4) is 0 Å². The van der Waals surface area contributed by atoms with E-state index < -0.39 is 11.4 Å². The number of carbonyl (C=O) groups is 1. The van der Waals surface area contributed by atoms with Crippen molar-refractivity contribution in [2.75, 3.05) is 0 Å². The summed E-state index contributed by atoms with van der Waals surface area (Å²) in [5.41, 5.74) is 0.211. The van der Waals surface area contributed by atoms with E-state index in [9.17, 15) is 9.90 Å². The molecule has 1 aromatic carbocycles. The molecule has 0 aliphatic heterocycles. The molecule has 1 aromatic rings. The van der Waals surface area contributed by atoms with Crippen molar-refractivity contribution in [2.24, 2.45) is 0 Å². The van der Waals surface area contributed by atoms with Gasteiger partial charge in [0.2, 0.25) is 0 Å². The Kier molecular flexibility index (Phi) is 1.83. The van der Waals surface area contributed by atoms with Crippen LogP contribution in [-0.4, -0.2) is 5.97 Å². The summed E-state index contributed by atoms with van der Waals surface area (Å²) in [7, 11) is 0. The molecule has 1 aliphatic rings. The molecule has 0 radical (unpaired) electrons. The fourth-order valence-electron chi connectivity index (χ4n) is 1.90. The van der Waals surface area contributed by atoms with Gasteiger partial charge in [0.1, 0.15) is 0 Å². The Balaban J connectivity index is 2.38. The molecule has 0 aromatic heterocycles. The van der Waals surface area contributed by atoms with Gasteiger partial charge in [-0.3, -0.25) is 0 Å². The van der Waals surface area contributed by atoms with E-state index in [1.54, 1.807) is 0 Å². The average Bonchev–Trinajstić information content (AvgIpc) is 2.03. The Morgan fingerprint density at radius 3 is 2.23 bits per heavy atom. The Bertz CT molecular complexity index is 312. The van der Waals surface area contributed by atoms with E-state index in [2.05, 4.69) is 0 Å². The first-order valence-corrected chi connectivity index (χ1v) is 4.53. The van der Waals surface area contributed by atoms with Crippen LogP contribution in [0.15, 0.2) is 30.3 Å². The molecule has 0 atom stereocenters. The van der Waals surface area contributed by atoms with E-state index in [0.717, 1.165) is 24.8 Å². The predicted octanol–water partition coefficient (Wildman–Crippen LogP) is 0.858. The molecule has 0 amide bonds. The van der Waals surface area contributed by atoms with Gasteiger partial charge in [0, 0.05) is 5.41 Å². The topological polar surface area (TPSA) is 40.1 Å². The van der Waals surface area contributed by atoms with Crippen LogP contribution in [0.1, 0.15) is 24.8 Å². The molecular formula is C11H11O2-. The molecule has 0 bridgehead atoms. The molecule has 2 rings (SSSR count). The molecule has 1 fully saturated rings. The maximum atomic E-state index is 11.0. The Morgan fingerprint density at radius 1 is 1.23 bits per heavy atom. The van der Waals surface area contributed by atoms with Gasteiger partial charge >= 0.3 is 0 Å². The number of benzene rings is 1. The summed E-state index contributed by atoms with van der Waals surface area (Å²) in [6.45, 7) is 0. The van der Waals surface area contributed by atoms with Gasteiger partial charge in [-0.25, -0.2) is 0 Å². The largest absolute Gasteiger partial charge is 0.549 e. The van der Waals surface area contributed by atoms with Gasteiger partial charge in [0.15, 0.2) is 0 Å². The molecule has 0 N–H and O–H groups in total. The fraction of sp³-hybridized carbons (Fsp3) is 0.364. The number of aliphatic carboxylic acids is 1. The van der Waals surface area contributed by atoms with Crippen LogP contribution in [-0.2, 0) is 10.2 Å². The van der Waals surface area contributed by atoms with Gasteiger partial charge in [-0.2, -0.15) is 0 Å². The Hall–Kier alpha value is -1.31. The van der Waals surface area contributed by atoms with Crippen LogP contribution in [0.5, 0.6) is 0 Å². The van der Waals surface area contributed by atoms with Gasteiger partial charge in [-0.1, -0.05) is 36.8 Å². The number of carbonyl (C=O) groups excluding carboxylic acids is 1. The second kappa shape index (κ2) is 2.87. The molecular weight excluding hydrogens is 164 g/mol. The molecule has 68 valence electrons. The zero-order valence-corrected chi connectivity index (χ0v) is 7.32. The SMILES string of the molecule is O=C([O-])C1(c2ccccc2)CCC1. The van der Waals surface area contributed by atoms with Gasteiger partial charge in [0.25, 0.3) is 0 Å². The van der Waals surface area contributed by atoms with Crippen LogP contribution < -0.4 is 5.11 Å². The number of carboxylic acids is 1. The third-order valence-corrected chi connectivity index (χ3v) is 2.92. The molecule has 0 saturated heterocycles. The molecule has 0 spiro atoms. The standard InChI is InChI=1S/C11H12O2/c12-10(13)11(7-4-8-11)9-5-2-1-3-6-9/h1-3,5-6H,4,7-8H2,(H,12,13)/p-1. The fourth-order valence-corrected chi connectivity index (χ4v) is 1.90. The van der Waals surface area contributed by atoms with E-state index in [1.807, 2.05) is 30.3 Å². The number of hydrogen-bond donors (Lipinski definition) is 0. The summed E-state index contributed by atoms with van der Waals surface area (Å²) < 4.78 is 0. The lowest BCUT2D eigenvalue weighted by Gasteiger charge is -2.43. The van der Waals surface area contributed by atoms with Crippen molar-refractivity contribution in [3.63, 3.8) is 0 Å². The highest BCUT2D eigenvalue weighted by atomic mass is 16.4. The summed E-state index contributed by atoms with van der Waals surface area (Å²) in [5, 5.41) is 11.0. The van der Waals surface area contributed by atoms with E-state index in [0.29, 0.717) is 0 Å². The van der Waals surface area contributed by atoms with Gasteiger partial charge in [-0.15, -0.1) is 0 Å². The first-order valence-electron chi connectivity index (χ1n) is 4.53. The van der Waals surface area contributed by atoms with Crippen molar-refractivity contribution >= 4 is 5.97 Å². The maximum Gasteiger partial charge on any atom is 0.0520 e. The number of rotatable bonds is 2. The minimum atomic E-state index is -0.926. The molecule has 0 heterocycles. The van der Waals surface area contributed by atoms with E-state index >= 15 is 0 Å². The second-order valence-electron chi connectivity index (χ2n) is 3.59. The quantitative estimate of drug-likeness (QED) is 0.668. The normalized spacial score (nSPS) is 19.1. The highest BCUT2D eigenvalue weighted by Crippen LogP contribution is 2.43. The van der Waals surface area contributed by atoms with Crippen molar-refractivity contribution in [1.29, 1.82) is 0 Å². The Labute approximate surface area is 77.2 Å². The van der Waals surface area contributed by atoms with Crippen LogP contribution in [0.25, 0.3) is 0 Å². The lowest BCUT2D eigenvalue weighted by molar-refractivity contribution is -0.317. The first-order chi connectivity index (χ1) is 6.26. The number of carboxylic acid groups (broad SMARTS) is 1. The smallest absolute Gasteiger partial charge is 0.0520 e. The zero-order valence-electron chi connectivity index (χ0n) is 7.32. The summed E-state index contributed by atoms with van der Waals surface area (Å²) in [6, 6.07) is 9.38. The lowest BCUT2D eigenvalue weighted by Crippen LogP contribution is -2.50. The highest BCUT2D eigenvalue weighted by Gasteiger charge is 2.39. The minimum absolute atomic E-state index is 0.679.